The lowest BCUT2D eigenvalue weighted by atomic mass is 10.1. The molecule has 0 saturated heterocycles. The summed E-state index contributed by atoms with van der Waals surface area (Å²) in [5.74, 6) is 1.07. The Hall–Kier alpha value is -1.96. The normalized spacial score (nSPS) is 10.6. The molecule has 1 aromatic carbocycles. The first-order chi connectivity index (χ1) is 9.29. The van der Waals surface area contributed by atoms with E-state index in [1.807, 2.05) is 36.0 Å². The monoisotopic (exact) mass is 296 g/mol. The fourth-order valence-electron chi connectivity index (χ4n) is 1.57. The molecule has 0 atom stereocenters. The average Bonchev–Trinajstić information content (AvgIpc) is 2.69. The highest BCUT2D eigenvalue weighted by Gasteiger charge is 2.03. The van der Waals surface area contributed by atoms with Crippen molar-refractivity contribution in [2.45, 2.75) is 6.42 Å². The lowest BCUT2D eigenvalue weighted by Crippen LogP contribution is -1.97. The molecule has 2 N–H and O–H groups in total. The van der Waals surface area contributed by atoms with E-state index >= 15 is 0 Å². The van der Waals surface area contributed by atoms with Gasteiger partial charge in [0.15, 0.2) is 0 Å². The lowest BCUT2D eigenvalue weighted by molar-refractivity contribution is 0.381. The molecule has 108 valence electrons. The third-order valence-electron chi connectivity index (χ3n) is 2.41. The van der Waals surface area contributed by atoms with Crippen LogP contribution in [0.2, 0.25) is 0 Å². The van der Waals surface area contributed by atoms with Gasteiger partial charge in [-0.05, 0) is 11.6 Å². The van der Waals surface area contributed by atoms with Crippen molar-refractivity contribution in [3.8, 4) is 0 Å². The molecule has 0 bridgehead atoms. The zero-order chi connectivity index (χ0) is 15.2. The van der Waals surface area contributed by atoms with Gasteiger partial charge in [0, 0.05) is 19.7 Å². The Morgan fingerprint density at radius 3 is 2.30 bits per heavy atom. The van der Waals surface area contributed by atoms with Crippen LogP contribution in [0.1, 0.15) is 17.1 Å². The summed E-state index contributed by atoms with van der Waals surface area (Å²) in [4.78, 5) is 4.47. The molecule has 0 amide bonds. The Morgan fingerprint density at radius 1 is 1.30 bits per heavy atom. The summed E-state index contributed by atoms with van der Waals surface area (Å²) in [7, 11) is -2.65. The van der Waals surface area contributed by atoms with E-state index in [1.54, 1.807) is 6.08 Å². The van der Waals surface area contributed by atoms with Gasteiger partial charge in [0.25, 0.3) is 0 Å². The number of hydrogen-bond acceptors (Lipinski definition) is 3. The van der Waals surface area contributed by atoms with Gasteiger partial charge in [-0.3, -0.25) is 9.11 Å². The SMILES string of the molecule is C=Cc1cn(C)c(Cc2ccccc2)n1.O=S(=O)(O)O. The van der Waals surface area contributed by atoms with E-state index in [-0.39, 0.29) is 0 Å². The summed E-state index contributed by atoms with van der Waals surface area (Å²) in [6, 6.07) is 10.3. The molecule has 7 heteroatoms. The van der Waals surface area contributed by atoms with Crippen molar-refractivity contribution in [1.82, 2.24) is 9.55 Å². The first-order valence-corrected chi connectivity index (χ1v) is 7.08. The van der Waals surface area contributed by atoms with Crippen molar-refractivity contribution in [3.05, 3.63) is 60.2 Å². The van der Waals surface area contributed by atoms with Gasteiger partial charge < -0.3 is 4.57 Å². The highest BCUT2D eigenvalue weighted by atomic mass is 32.3. The second-order valence-corrected chi connectivity index (χ2v) is 4.90. The molecular formula is C13H16N2O4S. The summed E-state index contributed by atoms with van der Waals surface area (Å²) in [6.45, 7) is 3.72. The fraction of sp³-hybridized carbons (Fsp3) is 0.154. The zero-order valence-corrected chi connectivity index (χ0v) is 11.8. The van der Waals surface area contributed by atoms with Gasteiger partial charge in [0.05, 0.1) is 5.69 Å². The van der Waals surface area contributed by atoms with Crippen molar-refractivity contribution < 1.29 is 17.5 Å². The van der Waals surface area contributed by atoms with E-state index in [1.165, 1.54) is 5.56 Å². The maximum Gasteiger partial charge on any atom is 0.394 e. The third kappa shape index (κ3) is 6.28. The van der Waals surface area contributed by atoms with Crippen LogP contribution < -0.4 is 0 Å². The van der Waals surface area contributed by atoms with Crippen LogP contribution >= 0.6 is 0 Å². The van der Waals surface area contributed by atoms with Crippen LogP contribution in [-0.4, -0.2) is 27.1 Å². The summed E-state index contributed by atoms with van der Waals surface area (Å²) in [6.07, 6.45) is 4.63. The Balaban J connectivity index is 0.000000347. The van der Waals surface area contributed by atoms with Crippen LogP contribution in [0.15, 0.2) is 43.1 Å². The second kappa shape index (κ2) is 6.99. The number of aryl methyl sites for hydroxylation is 1. The van der Waals surface area contributed by atoms with Gasteiger partial charge in [-0.25, -0.2) is 4.98 Å². The zero-order valence-electron chi connectivity index (χ0n) is 11.0. The van der Waals surface area contributed by atoms with E-state index in [9.17, 15) is 0 Å². The Morgan fingerprint density at radius 2 is 1.85 bits per heavy atom. The molecule has 0 aliphatic heterocycles. The highest BCUT2D eigenvalue weighted by molar-refractivity contribution is 7.79. The number of aromatic nitrogens is 2. The topological polar surface area (TPSA) is 92.4 Å². The highest BCUT2D eigenvalue weighted by Crippen LogP contribution is 2.09. The van der Waals surface area contributed by atoms with E-state index in [0.717, 1.165) is 17.9 Å². The van der Waals surface area contributed by atoms with E-state index in [2.05, 4.69) is 23.7 Å². The van der Waals surface area contributed by atoms with Crippen LogP contribution in [0.4, 0.5) is 0 Å². The first kappa shape index (κ1) is 16.1. The molecule has 0 radical (unpaired) electrons. The number of benzene rings is 1. The van der Waals surface area contributed by atoms with Crippen molar-refractivity contribution in [2.24, 2.45) is 7.05 Å². The Labute approximate surface area is 118 Å². The van der Waals surface area contributed by atoms with Crippen molar-refractivity contribution in [3.63, 3.8) is 0 Å². The van der Waals surface area contributed by atoms with E-state index < -0.39 is 10.4 Å². The molecule has 2 rings (SSSR count). The summed E-state index contributed by atoms with van der Waals surface area (Å²) < 4.78 is 33.6. The van der Waals surface area contributed by atoms with Crippen molar-refractivity contribution in [2.75, 3.05) is 0 Å². The third-order valence-corrected chi connectivity index (χ3v) is 2.41. The molecule has 0 spiro atoms. The van der Waals surface area contributed by atoms with Crippen molar-refractivity contribution >= 4 is 16.5 Å². The number of hydrogen-bond donors (Lipinski definition) is 2. The predicted octanol–water partition coefficient (Wildman–Crippen LogP) is 2.00. The van der Waals surface area contributed by atoms with Gasteiger partial charge in [0.2, 0.25) is 0 Å². The van der Waals surface area contributed by atoms with E-state index in [0.29, 0.717) is 0 Å². The minimum atomic E-state index is -4.67. The Bertz CT molecular complexity index is 655. The maximum atomic E-state index is 8.74. The van der Waals surface area contributed by atoms with Gasteiger partial charge in [-0.1, -0.05) is 36.9 Å². The van der Waals surface area contributed by atoms with Gasteiger partial charge in [-0.2, -0.15) is 8.42 Å². The molecule has 6 nitrogen and oxygen atoms in total. The summed E-state index contributed by atoms with van der Waals surface area (Å²) in [5.41, 5.74) is 2.21. The second-order valence-electron chi connectivity index (χ2n) is 4.01. The summed E-state index contributed by atoms with van der Waals surface area (Å²) >= 11 is 0. The molecule has 1 aromatic heterocycles. The number of nitrogens with zero attached hydrogens (tertiary/aromatic N) is 2. The van der Waals surface area contributed by atoms with Crippen LogP contribution in [-0.2, 0) is 23.9 Å². The molecule has 2 aromatic rings. The molecule has 20 heavy (non-hydrogen) atoms. The number of rotatable bonds is 3. The Kier molecular flexibility index (Phi) is 5.63. The summed E-state index contributed by atoms with van der Waals surface area (Å²) in [5, 5.41) is 0. The molecule has 0 aliphatic rings. The van der Waals surface area contributed by atoms with Crippen LogP contribution in [0, 0.1) is 0 Å². The molecule has 0 unspecified atom stereocenters. The molecule has 1 heterocycles. The number of imidazole rings is 1. The molecule has 0 fully saturated rings. The largest absolute Gasteiger partial charge is 0.394 e. The van der Waals surface area contributed by atoms with Crippen LogP contribution in [0.25, 0.3) is 6.08 Å². The molecule has 0 saturated carbocycles. The maximum absolute atomic E-state index is 8.74. The van der Waals surface area contributed by atoms with E-state index in [4.69, 9.17) is 17.5 Å². The quantitative estimate of drug-likeness (QED) is 0.845. The molecule has 0 aliphatic carbocycles. The first-order valence-electron chi connectivity index (χ1n) is 5.68. The smallest absolute Gasteiger partial charge is 0.337 e. The van der Waals surface area contributed by atoms with Crippen LogP contribution in [0.5, 0.6) is 0 Å². The van der Waals surface area contributed by atoms with Gasteiger partial charge >= 0.3 is 10.4 Å². The molecular weight excluding hydrogens is 280 g/mol. The minimum absolute atomic E-state index is 0.866. The van der Waals surface area contributed by atoms with Gasteiger partial charge in [0.1, 0.15) is 5.82 Å². The standard InChI is InChI=1S/C13H14N2.H2O4S/c1-3-12-10-15(2)13(14-12)9-11-7-5-4-6-8-11;1-5(2,3)4/h3-8,10H,1,9H2,2H3;(H2,1,2,3,4). The van der Waals surface area contributed by atoms with Crippen molar-refractivity contribution in [1.29, 1.82) is 0 Å². The average molecular weight is 296 g/mol. The fourth-order valence-corrected chi connectivity index (χ4v) is 1.57. The van der Waals surface area contributed by atoms with Gasteiger partial charge in [-0.15, -0.1) is 0 Å². The minimum Gasteiger partial charge on any atom is -0.337 e. The lowest BCUT2D eigenvalue weighted by Gasteiger charge is -2.00. The predicted molar refractivity (Wildman–Crippen MR) is 76.7 cm³/mol. The van der Waals surface area contributed by atoms with Crippen LogP contribution in [0.3, 0.4) is 0 Å².